The Bertz CT molecular complexity index is 597. The number of nitrogens with zero attached hydrogens (tertiary/aromatic N) is 1. The second kappa shape index (κ2) is 5.67. The summed E-state index contributed by atoms with van der Waals surface area (Å²) >= 11 is 0. The first-order valence-corrected chi connectivity index (χ1v) is 6.12. The van der Waals surface area contributed by atoms with E-state index >= 15 is 0 Å². The summed E-state index contributed by atoms with van der Waals surface area (Å²) < 4.78 is 5.18. The van der Waals surface area contributed by atoms with Crippen LogP contribution in [-0.4, -0.2) is 30.6 Å². The number of para-hydroxylation sites is 1. The van der Waals surface area contributed by atoms with Crippen LogP contribution in [0.4, 0.5) is 5.82 Å². The van der Waals surface area contributed by atoms with Gasteiger partial charge in [0.1, 0.15) is 11.7 Å². The van der Waals surface area contributed by atoms with E-state index in [1.165, 1.54) is 0 Å². The number of amidine groups is 1. The van der Waals surface area contributed by atoms with Gasteiger partial charge in [0, 0.05) is 19.0 Å². The van der Waals surface area contributed by atoms with Gasteiger partial charge in [-0.15, -0.1) is 0 Å². The second-order valence-electron chi connectivity index (χ2n) is 4.42. The highest BCUT2D eigenvalue weighted by Crippen LogP contribution is 2.20. The number of ether oxygens (including phenoxy) is 1. The number of methoxy groups -OCH3 is 1. The largest absolute Gasteiger partial charge is 0.384 e. The fourth-order valence-corrected chi connectivity index (χ4v) is 1.78. The van der Waals surface area contributed by atoms with Crippen molar-refractivity contribution in [3.63, 3.8) is 0 Å². The van der Waals surface area contributed by atoms with Crippen LogP contribution in [-0.2, 0) is 4.74 Å². The Morgan fingerprint density at radius 3 is 2.89 bits per heavy atom. The van der Waals surface area contributed by atoms with Gasteiger partial charge < -0.3 is 15.8 Å². The molecular formula is C14H18N4O. The van der Waals surface area contributed by atoms with Gasteiger partial charge in [0.2, 0.25) is 0 Å². The lowest BCUT2D eigenvalue weighted by Crippen LogP contribution is -2.22. The fraction of sp³-hybridized carbons (Fsp3) is 0.286. The summed E-state index contributed by atoms with van der Waals surface area (Å²) in [5.41, 5.74) is 7.10. The van der Waals surface area contributed by atoms with Crippen molar-refractivity contribution in [2.24, 2.45) is 5.73 Å². The van der Waals surface area contributed by atoms with Gasteiger partial charge in [-0.2, -0.15) is 0 Å². The quantitative estimate of drug-likeness (QED) is 0.565. The van der Waals surface area contributed by atoms with Gasteiger partial charge in [-0.3, -0.25) is 5.41 Å². The molecule has 1 atom stereocenters. The van der Waals surface area contributed by atoms with Crippen molar-refractivity contribution >= 4 is 22.6 Å². The molecule has 0 aliphatic heterocycles. The summed E-state index contributed by atoms with van der Waals surface area (Å²) in [6.45, 7) is 2.57. The Labute approximate surface area is 112 Å². The normalized spacial score (nSPS) is 12.3. The lowest BCUT2D eigenvalue weighted by Gasteiger charge is -2.14. The van der Waals surface area contributed by atoms with E-state index in [-0.39, 0.29) is 11.9 Å². The number of hydrogen-bond donors (Lipinski definition) is 3. The number of aromatic nitrogens is 1. The topological polar surface area (TPSA) is 84.0 Å². The molecule has 0 aliphatic rings. The molecule has 0 radical (unpaired) electrons. The van der Waals surface area contributed by atoms with Gasteiger partial charge in [0.05, 0.1) is 17.2 Å². The Balaban J connectivity index is 2.39. The predicted octanol–water partition coefficient (Wildman–Crippen LogP) is 1.97. The molecule has 0 aliphatic carbocycles. The van der Waals surface area contributed by atoms with Gasteiger partial charge in [-0.1, -0.05) is 18.2 Å². The van der Waals surface area contributed by atoms with E-state index in [0.29, 0.717) is 17.9 Å². The van der Waals surface area contributed by atoms with Crippen molar-refractivity contribution in [3.05, 3.63) is 35.9 Å². The Hall–Kier alpha value is -2.14. The molecule has 1 aromatic heterocycles. The summed E-state index contributed by atoms with van der Waals surface area (Å²) in [5.74, 6) is 0.626. The van der Waals surface area contributed by atoms with Crippen LogP contribution in [0.2, 0.25) is 0 Å². The molecule has 19 heavy (non-hydrogen) atoms. The zero-order valence-electron chi connectivity index (χ0n) is 11.1. The molecule has 0 fully saturated rings. The first-order chi connectivity index (χ1) is 9.11. The minimum absolute atomic E-state index is 0.00539. The maximum Gasteiger partial charge on any atom is 0.137 e. The Kier molecular flexibility index (Phi) is 3.97. The van der Waals surface area contributed by atoms with Crippen LogP contribution < -0.4 is 11.1 Å². The number of benzene rings is 1. The highest BCUT2D eigenvalue weighted by atomic mass is 16.5. The van der Waals surface area contributed by atoms with Crippen LogP contribution in [0.5, 0.6) is 0 Å². The fourth-order valence-electron chi connectivity index (χ4n) is 1.78. The van der Waals surface area contributed by atoms with Crippen molar-refractivity contribution < 1.29 is 4.74 Å². The molecule has 0 saturated heterocycles. The third kappa shape index (κ3) is 3.00. The summed E-state index contributed by atoms with van der Waals surface area (Å²) in [6, 6.07) is 9.64. The molecule has 0 bridgehead atoms. The summed E-state index contributed by atoms with van der Waals surface area (Å²) in [4.78, 5) is 4.52. The number of nitrogen functional groups attached to an aromatic ring is 1. The minimum atomic E-state index is 0.00539. The molecule has 4 N–H and O–H groups in total. The van der Waals surface area contributed by atoms with E-state index in [1.54, 1.807) is 7.11 Å². The zero-order chi connectivity index (χ0) is 13.8. The van der Waals surface area contributed by atoms with Crippen molar-refractivity contribution in [1.82, 2.24) is 4.98 Å². The summed E-state index contributed by atoms with van der Waals surface area (Å²) in [7, 11) is 1.66. The van der Waals surface area contributed by atoms with Crippen molar-refractivity contribution in [1.29, 1.82) is 5.41 Å². The molecule has 100 valence electrons. The van der Waals surface area contributed by atoms with Gasteiger partial charge in [-0.25, -0.2) is 4.98 Å². The molecule has 5 heteroatoms. The third-order valence-electron chi connectivity index (χ3n) is 2.97. The maximum atomic E-state index is 7.65. The Morgan fingerprint density at radius 2 is 2.21 bits per heavy atom. The van der Waals surface area contributed by atoms with Crippen LogP contribution in [0.15, 0.2) is 30.3 Å². The van der Waals surface area contributed by atoms with Gasteiger partial charge >= 0.3 is 0 Å². The second-order valence-corrected chi connectivity index (χ2v) is 4.42. The molecular weight excluding hydrogens is 240 g/mol. The van der Waals surface area contributed by atoms with Gasteiger partial charge in [0.25, 0.3) is 0 Å². The highest BCUT2D eigenvalue weighted by molar-refractivity contribution is 6.02. The molecule has 2 aromatic rings. The molecule has 0 spiro atoms. The van der Waals surface area contributed by atoms with E-state index in [2.05, 4.69) is 10.3 Å². The average molecular weight is 258 g/mol. The summed E-state index contributed by atoms with van der Waals surface area (Å²) in [6.07, 6.45) is 0.0630. The smallest absolute Gasteiger partial charge is 0.137 e. The van der Waals surface area contributed by atoms with E-state index in [0.717, 1.165) is 10.9 Å². The lowest BCUT2D eigenvalue weighted by molar-refractivity contribution is 0.128. The molecule has 0 saturated carbocycles. The highest BCUT2D eigenvalue weighted by Gasteiger charge is 2.10. The first kappa shape index (κ1) is 13.3. The Morgan fingerprint density at radius 1 is 1.47 bits per heavy atom. The minimum Gasteiger partial charge on any atom is -0.384 e. The lowest BCUT2D eigenvalue weighted by atomic mass is 10.1. The monoisotopic (exact) mass is 258 g/mol. The van der Waals surface area contributed by atoms with Gasteiger partial charge in [-0.05, 0) is 19.1 Å². The standard InChI is InChI=1S/C14H18N4O/c1-9(19-2)8-17-14-11(13(15)16)7-10-5-3-4-6-12(10)18-14/h3-7,9H,8H2,1-2H3,(H3,15,16)(H,17,18). The van der Waals surface area contributed by atoms with Gasteiger partial charge in [0.15, 0.2) is 0 Å². The predicted molar refractivity (Wildman–Crippen MR) is 77.7 cm³/mol. The average Bonchev–Trinajstić information content (AvgIpc) is 2.43. The summed E-state index contributed by atoms with van der Waals surface area (Å²) in [5, 5.41) is 11.8. The van der Waals surface area contributed by atoms with Crippen molar-refractivity contribution in [3.8, 4) is 0 Å². The van der Waals surface area contributed by atoms with Crippen LogP contribution in [0, 0.1) is 5.41 Å². The van der Waals surface area contributed by atoms with Crippen LogP contribution in [0.1, 0.15) is 12.5 Å². The van der Waals surface area contributed by atoms with Crippen molar-refractivity contribution in [2.75, 3.05) is 19.0 Å². The number of rotatable bonds is 5. The number of pyridine rings is 1. The molecule has 5 nitrogen and oxygen atoms in total. The van der Waals surface area contributed by atoms with E-state index in [9.17, 15) is 0 Å². The molecule has 1 heterocycles. The zero-order valence-corrected chi connectivity index (χ0v) is 11.1. The van der Waals surface area contributed by atoms with E-state index < -0.39 is 0 Å². The number of nitrogens with two attached hydrogens (primary N) is 1. The van der Waals surface area contributed by atoms with Crippen molar-refractivity contribution in [2.45, 2.75) is 13.0 Å². The van der Waals surface area contributed by atoms with Crippen LogP contribution in [0.25, 0.3) is 10.9 Å². The molecule has 1 unspecified atom stereocenters. The van der Waals surface area contributed by atoms with E-state index in [4.69, 9.17) is 15.9 Å². The first-order valence-electron chi connectivity index (χ1n) is 6.12. The van der Waals surface area contributed by atoms with E-state index in [1.807, 2.05) is 37.3 Å². The van der Waals surface area contributed by atoms with Crippen LogP contribution in [0.3, 0.4) is 0 Å². The number of hydrogen-bond acceptors (Lipinski definition) is 4. The van der Waals surface area contributed by atoms with Crippen LogP contribution >= 0.6 is 0 Å². The molecule has 0 amide bonds. The molecule has 1 aromatic carbocycles. The number of anilines is 1. The third-order valence-corrected chi connectivity index (χ3v) is 2.97. The SMILES string of the molecule is COC(C)CNc1nc2ccccc2cc1C(=N)N. The maximum absolute atomic E-state index is 7.65. The number of nitrogens with one attached hydrogen (secondary N) is 2. The molecule has 2 rings (SSSR count). The number of fused-ring (bicyclic) bond motifs is 1.